The van der Waals surface area contributed by atoms with Crippen molar-refractivity contribution in [1.29, 1.82) is 0 Å². The smallest absolute Gasteiger partial charge is 0.357 e. The van der Waals surface area contributed by atoms with Gasteiger partial charge in [-0.05, 0) is 18.2 Å². The lowest BCUT2D eigenvalue weighted by Crippen LogP contribution is -2.11. The van der Waals surface area contributed by atoms with Crippen molar-refractivity contribution < 1.29 is 13.2 Å². The summed E-state index contributed by atoms with van der Waals surface area (Å²) in [4.78, 5) is 8.08. The molecule has 0 saturated carbocycles. The lowest BCUT2D eigenvalue weighted by molar-refractivity contribution is -0.141. The lowest BCUT2D eigenvalue weighted by Gasteiger charge is -2.09. The molecule has 1 heterocycles. The highest BCUT2D eigenvalue weighted by Gasteiger charge is 2.33. The van der Waals surface area contributed by atoms with Gasteiger partial charge in [-0.1, -0.05) is 29.4 Å². The van der Waals surface area contributed by atoms with Crippen molar-refractivity contribution in [2.75, 3.05) is 12.4 Å². The number of hydrogen-bond acceptors (Lipinski definition) is 4. The number of anilines is 1. The molecule has 0 fully saturated rings. The highest BCUT2D eigenvalue weighted by Crippen LogP contribution is 2.33. The minimum absolute atomic E-state index is 0.0793. The van der Waals surface area contributed by atoms with Crippen LogP contribution >= 0.6 is 23.4 Å². The van der Waals surface area contributed by atoms with Crippen LogP contribution in [0.25, 0.3) is 0 Å². The molecule has 106 valence electrons. The minimum atomic E-state index is -4.52. The first kappa shape index (κ1) is 14.9. The largest absolute Gasteiger partial charge is 0.433 e. The van der Waals surface area contributed by atoms with E-state index in [1.807, 2.05) is 0 Å². The first-order valence-corrected chi connectivity index (χ1v) is 6.65. The van der Waals surface area contributed by atoms with Crippen LogP contribution in [0.2, 0.25) is 5.02 Å². The molecule has 0 unspecified atom stereocenters. The molecule has 1 N–H and O–H groups in total. The molecule has 0 bridgehead atoms. The van der Waals surface area contributed by atoms with Crippen LogP contribution in [0.1, 0.15) is 5.69 Å². The van der Waals surface area contributed by atoms with Crippen molar-refractivity contribution in [3.05, 3.63) is 41.0 Å². The van der Waals surface area contributed by atoms with Crippen LogP contribution in [0.3, 0.4) is 0 Å². The molecular weight excluding hydrogens is 311 g/mol. The van der Waals surface area contributed by atoms with E-state index in [2.05, 4.69) is 15.3 Å². The number of nitrogens with one attached hydrogen (secondary N) is 1. The van der Waals surface area contributed by atoms with E-state index in [-0.39, 0.29) is 11.0 Å². The van der Waals surface area contributed by atoms with Gasteiger partial charge in [0.1, 0.15) is 5.03 Å². The molecule has 0 aliphatic carbocycles. The molecule has 2 aromatic rings. The molecule has 0 aliphatic rings. The van der Waals surface area contributed by atoms with E-state index in [1.165, 1.54) is 7.05 Å². The number of aromatic nitrogens is 2. The maximum absolute atomic E-state index is 12.7. The number of rotatable bonds is 3. The Bertz CT molecular complexity index is 619. The maximum Gasteiger partial charge on any atom is 0.433 e. The van der Waals surface area contributed by atoms with Gasteiger partial charge in [0.15, 0.2) is 5.69 Å². The molecule has 1 aromatic carbocycles. The monoisotopic (exact) mass is 319 g/mol. The third kappa shape index (κ3) is 3.77. The Morgan fingerprint density at radius 1 is 1.20 bits per heavy atom. The molecule has 3 nitrogen and oxygen atoms in total. The Hall–Kier alpha value is -1.47. The zero-order valence-corrected chi connectivity index (χ0v) is 11.8. The fourth-order valence-corrected chi connectivity index (χ4v) is 2.52. The van der Waals surface area contributed by atoms with Gasteiger partial charge < -0.3 is 5.32 Å². The molecule has 8 heteroatoms. The summed E-state index contributed by atoms with van der Waals surface area (Å²) in [5.74, 6) is -0.0793. The Kier molecular flexibility index (Phi) is 4.39. The Balaban J connectivity index is 2.36. The SMILES string of the molecule is CNc1nc(Sc2cccc(Cl)c2)cc(C(F)(F)F)n1. The van der Waals surface area contributed by atoms with E-state index in [0.29, 0.717) is 9.92 Å². The summed E-state index contributed by atoms with van der Waals surface area (Å²) in [5.41, 5.74) is -0.985. The number of benzene rings is 1. The van der Waals surface area contributed by atoms with Crippen LogP contribution in [-0.4, -0.2) is 17.0 Å². The third-order valence-electron chi connectivity index (χ3n) is 2.24. The average molecular weight is 320 g/mol. The number of halogens is 4. The molecule has 0 aliphatic heterocycles. The fraction of sp³-hybridized carbons (Fsp3) is 0.167. The predicted octanol–water partition coefficient (Wildman–Crippen LogP) is 4.34. The zero-order valence-electron chi connectivity index (χ0n) is 10.2. The Labute approximate surface area is 122 Å². The highest BCUT2D eigenvalue weighted by molar-refractivity contribution is 7.99. The lowest BCUT2D eigenvalue weighted by atomic mass is 10.4. The predicted molar refractivity (Wildman–Crippen MR) is 72.2 cm³/mol. The standard InChI is InChI=1S/C12H9ClF3N3S/c1-17-11-18-9(12(14,15)16)6-10(19-11)20-8-4-2-3-7(13)5-8/h2-6H,1H3,(H,17,18,19). The fourth-order valence-electron chi connectivity index (χ4n) is 1.39. The van der Waals surface area contributed by atoms with Crippen molar-refractivity contribution in [3.8, 4) is 0 Å². The van der Waals surface area contributed by atoms with Gasteiger partial charge in [0, 0.05) is 23.0 Å². The van der Waals surface area contributed by atoms with Gasteiger partial charge in [0.05, 0.1) is 0 Å². The maximum atomic E-state index is 12.7. The van der Waals surface area contributed by atoms with Gasteiger partial charge in [-0.25, -0.2) is 9.97 Å². The van der Waals surface area contributed by atoms with E-state index in [9.17, 15) is 13.2 Å². The van der Waals surface area contributed by atoms with Crippen molar-refractivity contribution >= 4 is 29.3 Å². The normalized spacial score (nSPS) is 11.4. The number of nitrogens with zero attached hydrogens (tertiary/aromatic N) is 2. The van der Waals surface area contributed by atoms with E-state index in [1.54, 1.807) is 24.3 Å². The molecular formula is C12H9ClF3N3S. The van der Waals surface area contributed by atoms with Gasteiger partial charge in [0.2, 0.25) is 5.95 Å². The van der Waals surface area contributed by atoms with E-state index < -0.39 is 11.9 Å². The second-order valence-electron chi connectivity index (χ2n) is 3.72. The topological polar surface area (TPSA) is 37.8 Å². The van der Waals surface area contributed by atoms with Gasteiger partial charge >= 0.3 is 6.18 Å². The minimum Gasteiger partial charge on any atom is -0.357 e. The summed E-state index contributed by atoms with van der Waals surface area (Å²) in [7, 11) is 1.46. The van der Waals surface area contributed by atoms with Crippen LogP contribution in [0.5, 0.6) is 0 Å². The second-order valence-corrected chi connectivity index (χ2v) is 5.25. The summed E-state index contributed by atoms with van der Waals surface area (Å²) in [6.07, 6.45) is -4.52. The molecule has 20 heavy (non-hydrogen) atoms. The van der Waals surface area contributed by atoms with Gasteiger partial charge in [0.25, 0.3) is 0 Å². The summed E-state index contributed by atoms with van der Waals surface area (Å²) in [5, 5.41) is 3.22. The van der Waals surface area contributed by atoms with Crippen molar-refractivity contribution in [2.45, 2.75) is 16.1 Å². The van der Waals surface area contributed by atoms with Crippen LogP contribution in [0.15, 0.2) is 40.3 Å². The number of hydrogen-bond donors (Lipinski definition) is 1. The van der Waals surface area contributed by atoms with Crippen LogP contribution < -0.4 is 5.32 Å². The second kappa shape index (κ2) is 5.88. The molecule has 2 rings (SSSR count). The Morgan fingerprint density at radius 3 is 2.55 bits per heavy atom. The molecule has 0 atom stereocenters. The van der Waals surface area contributed by atoms with Crippen LogP contribution in [0, 0.1) is 0 Å². The zero-order chi connectivity index (χ0) is 14.8. The van der Waals surface area contributed by atoms with Crippen molar-refractivity contribution in [3.63, 3.8) is 0 Å². The van der Waals surface area contributed by atoms with Gasteiger partial charge in [-0.3, -0.25) is 0 Å². The van der Waals surface area contributed by atoms with Crippen LogP contribution in [-0.2, 0) is 6.18 Å². The van der Waals surface area contributed by atoms with Gasteiger partial charge in [-0.15, -0.1) is 0 Å². The van der Waals surface area contributed by atoms with Crippen LogP contribution in [0.4, 0.5) is 19.1 Å². The molecule has 0 spiro atoms. The van der Waals surface area contributed by atoms with Gasteiger partial charge in [-0.2, -0.15) is 13.2 Å². The molecule has 0 saturated heterocycles. The Morgan fingerprint density at radius 2 is 1.95 bits per heavy atom. The number of alkyl halides is 3. The molecule has 1 aromatic heterocycles. The summed E-state index contributed by atoms with van der Waals surface area (Å²) >= 11 is 6.92. The van der Waals surface area contributed by atoms with Crippen molar-refractivity contribution in [1.82, 2.24) is 9.97 Å². The molecule has 0 amide bonds. The summed E-state index contributed by atoms with van der Waals surface area (Å²) < 4.78 is 38.2. The highest BCUT2D eigenvalue weighted by atomic mass is 35.5. The summed E-state index contributed by atoms with van der Waals surface area (Å²) in [6, 6.07) is 7.71. The third-order valence-corrected chi connectivity index (χ3v) is 3.38. The van der Waals surface area contributed by atoms with E-state index >= 15 is 0 Å². The quantitative estimate of drug-likeness (QED) is 0.854. The summed E-state index contributed by atoms with van der Waals surface area (Å²) in [6.45, 7) is 0. The average Bonchev–Trinajstić information content (AvgIpc) is 2.37. The first-order valence-electron chi connectivity index (χ1n) is 5.46. The van der Waals surface area contributed by atoms with Crippen molar-refractivity contribution in [2.24, 2.45) is 0 Å². The van der Waals surface area contributed by atoms with E-state index in [0.717, 1.165) is 17.8 Å². The van der Waals surface area contributed by atoms with E-state index in [4.69, 9.17) is 11.6 Å². The molecule has 0 radical (unpaired) electrons. The first-order chi connectivity index (χ1) is 9.38.